The van der Waals surface area contributed by atoms with Gasteiger partial charge in [0.2, 0.25) is 10.0 Å². The average Bonchev–Trinajstić information content (AvgIpc) is 3.17. The van der Waals surface area contributed by atoms with Crippen molar-refractivity contribution < 1.29 is 16.8 Å². The average molecular weight is 462 g/mol. The zero-order chi connectivity index (χ0) is 22.4. The topological polar surface area (TPSA) is 89.3 Å². The highest BCUT2D eigenvalue weighted by atomic mass is 32.2. The molecule has 1 aliphatic rings. The van der Waals surface area contributed by atoms with Crippen LogP contribution in [0, 0.1) is 13.8 Å². The number of nitrogens with zero attached hydrogens (tertiary/aromatic N) is 3. The first-order valence-electron chi connectivity index (χ1n) is 10.5. The van der Waals surface area contributed by atoms with Crippen LogP contribution in [0.1, 0.15) is 43.7 Å². The molecule has 2 heterocycles. The van der Waals surface area contributed by atoms with Crippen LogP contribution in [0.15, 0.2) is 52.5 Å². The molecule has 1 atom stereocenters. The van der Waals surface area contributed by atoms with Gasteiger partial charge >= 0.3 is 0 Å². The Bertz CT molecular complexity index is 1330. The monoisotopic (exact) mass is 461 g/mol. The molecule has 9 heteroatoms. The molecule has 1 saturated heterocycles. The van der Waals surface area contributed by atoms with Gasteiger partial charge in [0.05, 0.1) is 20.8 Å². The Morgan fingerprint density at radius 2 is 1.55 bits per heavy atom. The van der Waals surface area contributed by atoms with E-state index in [0.717, 1.165) is 40.8 Å². The lowest BCUT2D eigenvalue weighted by Crippen LogP contribution is -2.43. The molecule has 2 aromatic carbocycles. The summed E-state index contributed by atoms with van der Waals surface area (Å²) in [5.74, 6) is 0. The summed E-state index contributed by atoms with van der Waals surface area (Å²) in [6.45, 7) is 6.36. The van der Waals surface area contributed by atoms with Crippen LogP contribution < -0.4 is 0 Å². The fraction of sp³-hybridized carbons (Fsp3) is 0.409. The molecule has 31 heavy (non-hydrogen) atoms. The van der Waals surface area contributed by atoms with Crippen molar-refractivity contribution in [3.63, 3.8) is 0 Å². The molecular weight excluding hydrogens is 434 g/mol. The van der Waals surface area contributed by atoms with Gasteiger partial charge in [-0.2, -0.15) is 4.31 Å². The SMILES string of the molecule is CC[C@@H]1CCCCN1S(=O)(=O)c1ccc(S(=O)(=O)n2cnc3cc(C)c(C)cc32)cc1. The second-order valence-corrected chi connectivity index (χ2v) is 11.8. The van der Waals surface area contributed by atoms with Gasteiger partial charge in [-0.25, -0.2) is 25.8 Å². The first-order chi connectivity index (χ1) is 14.7. The summed E-state index contributed by atoms with van der Waals surface area (Å²) in [7, 11) is -7.57. The number of hydrogen-bond donors (Lipinski definition) is 0. The number of piperidine rings is 1. The maximum Gasteiger partial charge on any atom is 0.269 e. The first-order valence-corrected chi connectivity index (χ1v) is 13.4. The van der Waals surface area contributed by atoms with Gasteiger partial charge in [-0.15, -0.1) is 0 Å². The van der Waals surface area contributed by atoms with Crippen molar-refractivity contribution in [2.75, 3.05) is 6.54 Å². The van der Waals surface area contributed by atoms with Crippen molar-refractivity contribution in [2.24, 2.45) is 0 Å². The molecule has 4 rings (SSSR count). The van der Waals surface area contributed by atoms with Crippen LogP contribution in [0.3, 0.4) is 0 Å². The fourth-order valence-electron chi connectivity index (χ4n) is 4.16. The third-order valence-corrected chi connectivity index (χ3v) is 9.80. The summed E-state index contributed by atoms with van der Waals surface area (Å²) in [6, 6.07) is 9.15. The summed E-state index contributed by atoms with van der Waals surface area (Å²) in [5.41, 5.74) is 3.10. The van der Waals surface area contributed by atoms with Gasteiger partial charge in [-0.05, 0) is 80.6 Å². The summed E-state index contributed by atoms with van der Waals surface area (Å²) in [6.07, 6.45) is 4.78. The predicted octanol–water partition coefficient (Wildman–Crippen LogP) is 3.84. The number of rotatable bonds is 5. The normalized spacial score (nSPS) is 18.5. The van der Waals surface area contributed by atoms with Crippen molar-refractivity contribution in [3.8, 4) is 0 Å². The van der Waals surface area contributed by atoms with Crippen molar-refractivity contribution in [1.29, 1.82) is 0 Å². The smallest absolute Gasteiger partial charge is 0.236 e. The van der Waals surface area contributed by atoms with Crippen LogP contribution in [-0.4, -0.2) is 42.7 Å². The van der Waals surface area contributed by atoms with Crippen LogP contribution in [-0.2, 0) is 20.0 Å². The van der Waals surface area contributed by atoms with E-state index in [4.69, 9.17) is 0 Å². The minimum Gasteiger partial charge on any atom is -0.236 e. The Hall–Kier alpha value is -2.23. The summed E-state index contributed by atoms with van der Waals surface area (Å²) in [4.78, 5) is 4.37. The van der Waals surface area contributed by atoms with E-state index in [2.05, 4.69) is 4.98 Å². The Morgan fingerprint density at radius 1 is 0.935 bits per heavy atom. The Kier molecular flexibility index (Phi) is 5.70. The van der Waals surface area contributed by atoms with Gasteiger partial charge in [0.1, 0.15) is 6.33 Å². The third-order valence-electron chi connectivity index (χ3n) is 6.16. The molecule has 0 aliphatic carbocycles. The molecule has 0 N–H and O–H groups in total. The predicted molar refractivity (Wildman–Crippen MR) is 120 cm³/mol. The lowest BCUT2D eigenvalue weighted by atomic mass is 10.0. The van der Waals surface area contributed by atoms with E-state index in [0.29, 0.717) is 17.6 Å². The lowest BCUT2D eigenvalue weighted by molar-refractivity contribution is 0.246. The minimum atomic E-state index is -3.91. The molecule has 1 aliphatic heterocycles. The van der Waals surface area contributed by atoms with E-state index in [-0.39, 0.29) is 15.8 Å². The standard InChI is InChI=1S/C22H27N3O4S2/c1-4-18-7-5-6-12-24(18)30(26,27)19-8-10-20(11-9-19)31(28,29)25-15-23-21-13-16(2)17(3)14-22(21)25/h8-11,13-15,18H,4-7,12H2,1-3H3/t18-/m1/s1. The largest absolute Gasteiger partial charge is 0.269 e. The maximum atomic E-state index is 13.2. The molecule has 0 bridgehead atoms. The fourth-order valence-corrected chi connectivity index (χ4v) is 7.22. The quantitative estimate of drug-likeness (QED) is 0.576. The number of imidazole rings is 1. The van der Waals surface area contributed by atoms with Crippen LogP contribution in [0.4, 0.5) is 0 Å². The first kappa shape index (κ1) is 22.0. The number of aryl methyl sites for hydroxylation is 2. The van der Waals surface area contributed by atoms with Gasteiger partial charge in [-0.3, -0.25) is 0 Å². The molecule has 0 saturated carbocycles. The molecule has 7 nitrogen and oxygen atoms in total. The molecular formula is C22H27N3O4S2. The van der Waals surface area contributed by atoms with Crippen molar-refractivity contribution >= 4 is 31.1 Å². The van der Waals surface area contributed by atoms with Gasteiger partial charge in [0.15, 0.2) is 0 Å². The Balaban J connectivity index is 1.70. The van der Waals surface area contributed by atoms with E-state index in [1.165, 1.54) is 30.6 Å². The summed E-state index contributed by atoms with van der Waals surface area (Å²) in [5, 5.41) is 0. The zero-order valence-electron chi connectivity index (χ0n) is 17.9. The highest BCUT2D eigenvalue weighted by molar-refractivity contribution is 7.90. The van der Waals surface area contributed by atoms with Crippen molar-refractivity contribution in [2.45, 2.75) is 62.3 Å². The lowest BCUT2D eigenvalue weighted by Gasteiger charge is -2.34. The van der Waals surface area contributed by atoms with Gasteiger partial charge < -0.3 is 0 Å². The number of hydrogen-bond acceptors (Lipinski definition) is 5. The van der Waals surface area contributed by atoms with Crippen LogP contribution in [0.2, 0.25) is 0 Å². The molecule has 166 valence electrons. The number of fused-ring (bicyclic) bond motifs is 1. The second kappa shape index (κ2) is 8.03. The summed E-state index contributed by atoms with van der Waals surface area (Å²) < 4.78 is 55.5. The molecule has 0 unspecified atom stereocenters. The zero-order valence-corrected chi connectivity index (χ0v) is 19.6. The van der Waals surface area contributed by atoms with E-state index in [1.54, 1.807) is 10.4 Å². The molecule has 1 fully saturated rings. The highest BCUT2D eigenvalue weighted by Gasteiger charge is 2.32. The number of sulfonamides is 1. The van der Waals surface area contributed by atoms with Crippen molar-refractivity contribution in [1.82, 2.24) is 13.3 Å². The Labute approximate surface area is 183 Å². The molecule has 3 aromatic rings. The maximum absolute atomic E-state index is 13.2. The number of benzene rings is 2. The highest BCUT2D eigenvalue weighted by Crippen LogP contribution is 2.28. The summed E-state index contributed by atoms with van der Waals surface area (Å²) >= 11 is 0. The van der Waals surface area contributed by atoms with E-state index in [1.807, 2.05) is 26.8 Å². The van der Waals surface area contributed by atoms with Crippen LogP contribution in [0.25, 0.3) is 11.0 Å². The third kappa shape index (κ3) is 3.79. The second-order valence-electron chi connectivity index (χ2n) is 8.12. The van der Waals surface area contributed by atoms with E-state index in [9.17, 15) is 16.8 Å². The van der Waals surface area contributed by atoms with Gasteiger partial charge in [0, 0.05) is 12.6 Å². The molecule has 0 amide bonds. The van der Waals surface area contributed by atoms with Crippen molar-refractivity contribution in [3.05, 3.63) is 53.9 Å². The van der Waals surface area contributed by atoms with Gasteiger partial charge in [0.25, 0.3) is 10.0 Å². The van der Waals surface area contributed by atoms with Crippen LogP contribution in [0.5, 0.6) is 0 Å². The Morgan fingerprint density at radius 3 is 2.19 bits per heavy atom. The van der Waals surface area contributed by atoms with Gasteiger partial charge in [-0.1, -0.05) is 13.3 Å². The van der Waals surface area contributed by atoms with Crippen LogP contribution >= 0.6 is 0 Å². The molecule has 0 spiro atoms. The minimum absolute atomic E-state index is 0.00818. The van der Waals surface area contributed by atoms with E-state index >= 15 is 0 Å². The number of aromatic nitrogens is 2. The molecule has 1 aromatic heterocycles. The molecule has 0 radical (unpaired) electrons. The van der Waals surface area contributed by atoms with E-state index < -0.39 is 20.0 Å².